The second-order valence-corrected chi connectivity index (χ2v) is 6.27. The highest BCUT2D eigenvalue weighted by Gasteiger charge is 2.42. The molecule has 0 fully saturated rings. The van der Waals surface area contributed by atoms with Crippen LogP contribution in [0.5, 0.6) is 5.75 Å². The molecular formula is C20H20N4O3. The third-order valence-electron chi connectivity index (χ3n) is 4.76. The van der Waals surface area contributed by atoms with Gasteiger partial charge in [-0.2, -0.15) is 5.10 Å². The number of carbonyl (C=O) groups excluding carboxylic acids is 1. The van der Waals surface area contributed by atoms with Crippen LogP contribution in [0.25, 0.3) is 11.3 Å². The van der Waals surface area contributed by atoms with Crippen molar-refractivity contribution in [3.8, 4) is 17.0 Å². The molecule has 2 aromatic heterocycles. The lowest BCUT2D eigenvalue weighted by atomic mass is 9.97. The van der Waals surface area contributed by atoms with E-state index in [9.17, 15) is 4.79 Å². The highest BCUT2D eigenvalue weighted by molar-refractivity contribution is 6.00. The molecule has 3 heterocycles. The molecule has 0 spiro atoms. The van der Waals surface area contributed by atoms with Crippen LogP contribution in [0.3, 0.4) is 0 Å². The summed E-state index contributed by atoms with van der Waals surface area (Å²) in [6, 6.07) is 11.2. The van der Waals surface area contributed by atoms with Crippen LogP contribution in [0.15, 0.2) is 48.8 Å². The molecular weight excluding hydrogens is 344 g/mol. The number of hydrogen-bond acceptors (Lipinski definition) is 5. The van der Waals surface area contributed by atoms with Crippen molar-refractivity contribution in [3.63, 3.8) is 0 Å². The Hall–Kier alpha value is -3.19. The van der Waals surface area contributed by atoms with E-state index in [1.54, 1.807) is 31.5 Å². The topological polar surface area (TPSA) is 80.3 Å². The zero-order valence-corrected chi connectivity index (χ0v) is 15.2. The number of hydrogen-bond donors (Lipinski definition) is 1. The largest absolute Gasteiger partial charge is 0.497 e. The van der Waals surface area contributed by atoms with Crippen molar-refractivity contribution >= 4 is 5.91 Å². The van der Waals surface area contributed by atoms with Crippen LogP contribution in [-0.2, 0) is 4.74 Å². The smallest absolute Gasteiger partial charge is 0.273 e. The van der Waals surface area contributed by atoms with Gasteiger partial charge in [-0.1, -0.05) is 6.07 Å². The van der Waals surface area contributed by atoms with Crippen molar-refractivity contribution < 1.29 is 14.3 Å². The molecule has 0 saturated carbocycles. The van der Waals surface area contributed by atoms with E-state index in [4.69, 9.17) is 9.47 Å². The number of aromatic nitrogens is 3. The first kappa shape index (κ1) is 17.2. The van der Waals surface area contributed by atoms with E-state index >= 15 is 0 Å². The number of fused-ring (bicyclic) bond motifs is 1. The molecule has 0 radical (unpaired) electrons. The molecule has 3 aromatic rings. The maximum Gasteiger partial charge on any atom is 0.273 e. The Morgan fingerprint density at radius 3 is 2.67 bits per heavy atom. The fraction of sp³-hybridized carbons (Fsp3) is 0.250. The van der Waals surface area contributed by atoms with Gasteiger partial charge in [0, 0.05) is 37.2 Å². The number of aromatic amines is 1. The van der Waals surface area contributed by atoms with Gasteiger partial charge in [0.2, 0.25) is 0 Å². The van der Waals surface area contributed by atoms with E-state index in [0.29, 0.717) is 18.8 Å². The molecule has 138 valence electrons. The van der Waals surface area contributed by atoms with Crippen LogP contribution in [0.1, 0.15) is 27.7 Å². The van der Waals surface area contributed by atoms with Gasteiger partial charge in [0.05, 0.1) is 25.5 Å². The molecule has 1 aliphatic rings. The van der Waals surface area contributed by atoms with Crippen LogP contribution in [-0.4, -0.2) is 53.4 Å². The van der Waals surface area contributed by atoms with E-state index in [2.05, 4.69) is 15.2 Å². The van der Waals surface area contributed by atoms with E-state index in [0.717, 1.165) is 28.1 Å². The first-order valence-corrected chi connectivity index (χ1v) is 8.67. The van der Waals surface area contributed by atoms with E-state index in [1.807, 2.05) is 36.4 Å². The average Bonchev–Trinajstić information content (AvgIpc) is 3.26. The number of amides is 1. The Kier molecular flexibility index (Phi) is 4.60. The summed E-state index contributed by atoms with van der Waals surface area (Å²) in [5.41, 5.74) is 4.01. The van der Waals surface area contributed by atoms with Crippen molar-refractivity contribution in [1.82, 2.24) is 20.1 Å². The number of methoxy groups -OCH3 is 2. The van der Waals surface area contributed by atoms with Crippen LogP contribution in [0.2, 0.25) is 0 Å². The second-order valence-electron chi connectivity index (χ2n) is 6.27. The van der Waals surface area contributed by atoms with Gasteiger partial charge in [0.15, 0.2) is 0 Å². The number of rotatable bonds is 6. The van der Waals surface area contributed by atoms with Crippen molar-refractivity contribution in [2.45, 2.75) is 6.04 Å². The molecule has 7 nitrogen and oxygen atoms in total. The number of benzene rings is 1. The Balaban J connectivity index is 1.82. The van der Waals surface area contributed by atoms with E-state index in [-0.39, 0.29) is 11.9 Å². The molecule has 1 aliphatic heterocycles. The standard InChI is InChI=1S/C20H20N4O3/c1-26-11-10-24-19(14-4-3-9-21-12-14)16-17(22-23-18(16)20(24)25)13-5-7-15(27-2)8-6-13/h3-9,12,19H,10-11H2,1-2H3,(H,22,23). The lowest BCUT2D eigenvalue weighted by molar-refractivity contribution is 0.0677. The fourth-order valence-corrected chi connectivity index (χ4v) is 3.47. The van der Waals surface area contributed by atoms with Crippen molar-refractivity contribution in [2.24, 2.45) is 0 Å². The van der Waals surface area contributed by atoms with Crippen molar-refractivity contribution in [2.75, 3.05) is 27.4 Å². The molecule has 0 bridgehead atoms. The predicted octanol–water partition coefficient (Wildman–Crippen LogP) is 2.67. The maximum atomic E-state index is 13.0. The van der Waals surface area contributed by atoms with Crippen LogP contribution < -0.4 is 4.74 Å². The third-order valence-corrected chi connectivity index (χ3v) is 4.76. The number of ether oxygens (including phenoxy) is 2. The lowest BCUT2D eigenvalue weighted by Crippen LogP contribution is -2.32. The van der Waals surface area contributed by atoms with Crippen molar-refractivity contribution in [3.05, 3.63) is 65.6 Å². The van der Waals surface area contributed by atoms with Gasteiger partial charge in [0.1, 0.15) is 11.4 Å². The van der Waals surface area contributed by atoms with Gasteiger partial charge in [-0.3, -0.25) is 14.9 Å². The summed E-state index contributed by atoms with van der Waals surface area (Å²) in [7, 11) is 3.26. The Labute approximate surface area is 156 Å². The first-order valence-electron chi connectivity index (χ1n) is 8.67. The molecule has 1 amide bonds. The summed E-state index contributed by atoms with van der Waals surface area (Å²) >= 11 is 0. The summed E-state index contributed by atoms with van der Waals surface area (Å²) in [4.78, 5) is 19.0. The molecule has 1 atom stereocenters. The zero-order chi connectivity index (χ0) is 18.8. The SMILES string of the molecule is COCCN1C(=O)c2[nH]nc(-c3ccc(OC)cc3)c2C1c1cccnc1. The van der Waals surface area contributed by atoms with Crippen LogP contribution in [0.4, 0.5) is 0 Å². The molecule has 1 N–H and O–H groups in total. The van der Waals surface area contributed by atoms with Crippen LogP contribution >= 0.6 is 0 Å². The van der Waals surface area contributed by atoms with Gasteiger partial charge < -0.3 is 14.4 Å². The summed E-state index contributed by atoms with van der Waals surface area (Å²) in [6.45, 7) is 0.942. The number of carbonyl (C=O) groups is 1. The summed E-state index contributed by atoms with van der Waals surface area (Å²) in [5, 5.41) is 7.38. The minimum Gasteiger partial charge on any atom is -0.497 e. The lowest BCUT2D eigenvalue weighted by Gasteiger charge is -2.25. The fourth-order valence-electron chi connectivity index (χ4n) is 3.47. The monoisotopic (exact) mass is 364 g/mol. The number of H-pyrrole nitrogens is 1. The van der Waals surface area contributed by atoms with E-state index < -0.39 is 0 Å². The molecule has 27 heavy (non-hydrogen) atoms. The van der Waals surface area contributed by atoms with Crippen LogP contribution in [0, 0.1) is 0 Å². The highest BCUT2D eigenvalue weighted by atomic mass is 16.5. The first-order chi connectivity index (χ1) is 13.2. The van der Waals surface area contributed by atoms with Gasteiger partial charge in [0.25, 0.3) is 5.91 Å². The van der Waals surface area contributed by atoms with Gasteiger partial charge in [-0.15, -0.1) is 0 Å². The summed E-state index contributed by atoms with van der Waals surface area (Å²) < 4.78 is 10.4. The number of nitrogens with zero attached hydrogens (tertiary/aromatic N) is 3. The summed E-state index contributed by atoms with van der Waals surface area (Å²) in [5.74, 6) is 0.690. The predicted molar refractivity (Wildman–Crippen MR) is 99.6 cm³/mol. The normalized spacial score (nSPS) is 15.9. The minimum absolute atomic E-state index is 0.0804. The molecule has 0 aliphatic carbocycles. The van der Waals surface area contributed by atoms with Gasteiger partial charge >= 0.3 is 0 Å². The van der Waals surface area contributed by atoms with E-state index in [1.165, 1.54) is 0 Å². The number of nitrogens with one attached hydrogen (secondary N) is 1. The zero-order valence-electron chi connectivity index (χ0n) is 15.2. The second kappa shape index (κ2) is 7.20. The number of pyridine rings is 1. The Morgan fingerprint density at radius 2 is 2.00 bits per heavy atom. The van der Waals surface area contributed by atoms with Crippen molar-refractivity contribution in [1.29, 1.82) is 0 Å². The molecule has 0 saturated heterocycles. The molecule has 4 rings (SSSR count). The average molecular weight is 364 g/mol. The summed E-state index contributed by atoms with van der Waals surface area (Å²) in [6.07, 6.45) is 3.51. The highest BCUT2D eigenvalue weighted by Crippen LogP contribution is 2.42. The minimum atomic E-state index is -0.257. The molecule has 1 unspecified atom stereocenters. The third kappa shape index (κ3) is 2.96. The van der Waals surface area contributed by atoms with Gasteiger partial charge in [-0.05, 0) is 35.9 Å². The molecule has 7 heteroatoms. The molecule has 1 aromatic carbocycles. The maximum absolute atomic E-state index is 13.0. The Bertz CT molecular complexity index is 938. The Morgan fingerprint density at radius 1 is 1.19 bits per heavy atom. The van der Waals surface area contributed by atoms with Gasteiger partial charge in [-0.25, -0.2) is 0 Å². The quantitative estimate of drug-likeness (QED) is 0.727.